The van der Waals surface area contributed by atoms with Gasteiger partial charge in [0.05, 0.1) is 19.1 Å². The van der Waals surface area contributed by atoms with E-state index in [1.54, 1.807) is 31.1 Å². The minimum atomic E-state index is -3.52. The Balaban J connectivity index is 1.72. The number of carbonyl (C=O) groups excluding carboxylic acids is 2. The van der Waals surface area contributed by atoms with Gasteiger partial charge >= 0.3 is 0 Å². The van der Waals surface area contributed by atoms with Crippen molar-refractivity contribution in [3.05, 3.63) is 59.7 Å². The molecule has 3 rings (SSSR count). The smallest absolute Gasteiger partial charge is 0.242 e. The highest BCUT2D eigenvalue weighted by atomic mass is 32.2. The largest absolute Gasteiger partial charge is 0.497 e. The summed E-state index contributed by atoms with van der Waals surface area (Å²) in [4.78, 5) is 28.1. The second kappa shape index (κ2) is 12.9. The van der Waals surface area contributed by atoms with Gasteiger partial charge in [-0.2, -0.15) is 0 Å². The van der Waals surface area contributed by atoms with E-state index in [-0.39, 0.29) is 37.4 Å². The van der Waals surface area contributed by atoms with Gasteiger partial charge in [-0.1, -0.05) is 42.7 Å². The second-order valence-corrected chi connectivity index (χ2v) is 11.7. The Hall–Kier alpha value is -3.07. The molecule has 0 bridgehead atoms. The number of aryl methyl sites for hydroxylation is 1. The molecule has 202 valence electrons. The lowest BCUT2D eigenvalue weighted by Gasteiger charge is -2.30. The molecule has 0 aromatic heterocycles. The van der Waals surface area contributed by atoms with Crippen LogP contribution in [0.4, 0.5) is 5.69 Å². The number of methoxy groups -OCH3 is 1. The monoisotopic (exact) mass is 529 g/mol. The van der Waals surface area contributed by atoms with Crippen molar-refractivity contribution in [2.24, 2.45) is 0 Å². The Morgan fingerprint density at radius 3 is 2.41 bits per heavy atom. The molecule has 37 heavy (non-hydrogen) atoms. The van der Waals surface area contributed by atoms with Crippen molar-refractivity contribution >= 4 is 27.5 Å². The predicted molar refractivity (Wildman–Crippen MR) is 146 cm³/mol. The van der Waals surface area contributed by atoms with Crippen LogP contribution in [0, 0.1) is 6.92 Å². The van der Waals surface area contributed by atoms with Crippen LogP contribution in [0.5, 0.6) is 5.75 Å². The van der Waals surface area contributed by atoms with E-state index < -0.39 is 16.1 Å². The third-order valence-electron chi connectivity index (χ3n) is 6.83. The third kappa shape index (κ3) is 8.21. The Morgan fingerprint density at radius 2 is 1.78 bits per heavy atom. The first kappa shape index (κ1) is 28.5. The third-order valence-corrected chi connectivity index (χ3v) is 8.02. The normalized spacial score (nSPS) is 14.7. The van der Waals surface area contributed by atoms with Crippen LogP contribution in [0.15, 0.2) is 48.5 Å². The van der Waals surface area contributed by atoms with E-state index in [9.17, 15) is 18.0 Å². The summed E-state index contributed by atoms with van der Waals surface area (Å²) < 4.78 is 31.6. The number of benzene rings is 2. The predicted octanol–water partition coefficient (Wildman–Crippen LogP) is 4.03. The lowest BCUT2D eigenvalue weighted by atomic mass is 10.1. The Morgan fingerprint density at radius 1 is 1.11 bits per heavy atom. The summed E-state index contributed by atoms with van der Waals surface area (Å²) in [5.41, 5.74) is 2.45. The van der Waals surface area contributed by atoms with E-state index in [0.717, 1.165) is 36.8 Å². The first-order valence-corrected chi connectivity index (χ1v) is 14.7. The van der Waals surface area contributed by atoms with Gasteiger partial charge in [0, 0.05) is 25.6 Å². The number of sulfonamides is 1. The van der Waals surface area contributed by atoms with Crippen molar-refractivity contribution in [3.63, 3.8) is 0 Å². The van der Waals surface area contributed by atoms with Gasteiger partial charge in [-0.3, -0.25) is 13.9 Å². The maximum atomic E-state index is 13.4. The fraction of sp³-hybridized carbons (Fsp3) is 0.500. The van der Waals surface area contributed by atoms with Crippen molar-refractivity contribution in [3.8, 4) is 5.75 Å². The van der Waals surface area contributed by atoms with E-state index >= 15 is 0 Å². The molecule has 0 unspecified atom stereocenters. The maximum absolute atomic E-state index is 13.4. The number of nitrogens with zero attached hydrogens (tertiary/aromatic N) is 2. The molecule has 0 spiro atoms. The summed E-state index contributed by atoms with van der Waals surface area (Å²) in [5, 5.41) is 3.10. The fourth-order valence-corrected chi connectivity index (χ4v) is 5.62. The molecule has 2 amide bonds. The zero-order valence-electron chi connectivity index (χ0n) is 22.3. The summed E-state index contributed by atoms with van der Waals surface area (Å²) >= 11 is 0. The second-order valence-electron chi connectivity index (χ2n) is 9.81. The van der Waals surface area contributed by atoms with Gasteiger partial charge < -0.3 is 15.0 Å². The van der Waals surface area contributed by atoms with Crippen molar-refractivity contribution in [1.82, 2.24) is 10.2 Å². The average Bonchev–Trinajstić information content (AvgIpc) is 3.38. The van der Waals surface area contributed by atoms with E-state index in [1.165, 1.54) is 10.6 Å². The number of amides is 2. The molecule has 1 aliphatic carbocycles. The number of ether oxygens (including phenoxy) is 1. The molecule has 1 atom stereocenters. The molecule has 0 saturated heterocycles. The number of rotatable bonds is 12. The van der Waals surface area contributed by atoms with Crippen molar-refractivity contribution < 1.29 is 22.7 Å². The van der Waals surface area contributed by atoms with Crippen molar-refractivity contribution in [1.29, 1.82) is 0 Å². The molecule has 9 heteroatoms. The topological polar surface area (TPSA) is 96.0 Å². The number of hydrogen-bond acceptors (Lipinski definition) is 5. The first-order valence-electron chi connectivity index (χ1n) is 12.9. The number of carbonyl (C=O) groups is 2. The Bertz CT molecular complexity index is 1160. The Labute approximate surface area is 221 Å². The van der Waals surface area contributed by atoms with Gasteiger partial charge in [-0.05, 0) is 62.9 Å². The Kier molecular flexibility index (Phi) is 9.97. The van der Waals surface area contributed by atoms with Gasteiger partial charge in [0.1, 0.15) is 11.8 Å². The van der Waals surface area contributed by atoms with Crippen molar-refractivity contribution in [2.75, 3.05) is 24.2 Å². The van der Waals surface area contributed by atoms with Crippen molar-refractivity contribution in [2.45, 2.75) is 71.0 Å². The summed E-state index contributed by atoms with van der Waals surface area (Å²) in [6.45, 7) is 4.11. The highest BCUT2D eigenvalue weighted by Crippen LogP contribution is 2.22. The molecule has 1 fully saturated rings. The highest BCUT2D eigenvalue weighted by molar-refractivity contribution is 7.92. The highest BCUT2D eigenvalue weighted by Gasteiger charge is 2.28. The van der Waals surface area contributed by atoms with Crippen LogP contribution in [-0.2, 0) is 26.2 Å². The number of anilines is 1. The SMILES string of the molecule is COc1cccc(CN(C(=O)CCCN(c2ccc(C)cc2)S(C)(=O)=O)[C@@H](C)C(=O)NC2CCCC2)c1. The zero-order chi connectivity index (χ0) is 27.0. The van der Waals surface area contributed by atoms with Gasteiger partial charge in [0.15, 0.2) is 0 Å². The molecule has 0 heterocycles. The van der Waals surface area contributed by atoms with Crippen LogP contribution in [0.3, 0.4) is 0 Å². The van der Waals surface area contributed by atoms with Gasteiger partial charge in [-0.25, -0.2) is 8.42 Å². The molecule has 2 aromatic rings. The van der Waals surface area contributed by atoms with E-state index in [1.807, 2.05) is 43.3 Å². The summed E-state index contributed by atoms with van der Waals surface area (Å²) in [6.07, 6.45) is 5.73. The number of nitrogens with one attached hydrogen (secondary N) is 1. The molecular formula is C28H39N3O5S. The van der Waals surface area contributed by atoms with Crippen LogP contribution < -0.4 is 14.4 Å². The first-order chi connectivity index (χ1) is 17.6. The lowest BCUT2D eigenvalue weighted by Crippen LogP contribution is -2.49. The molecule has 2 aromatic carbocycles. The summed E-state index contributed by atoms with van der Waals surface area (Å²) in [6, 6.07) is 14.2. The molecule has 1 N–H and O–H groups in total. The molecule has 1 saturated carbocycles. The van der Waals surface area contributed by atoms with E-state index in [0.29, 0.717) is 17.9 Å². The van der Waals surface area contributed by atoms with Crippen LogP contribution in [0.2, 0.25) is 0 Å². The fourth-order valence-electron chi connectivity index (χ4n) is 4.66. The minimum Gasteiger partial charge on any atom is -0.497 e. The van der Waals surface area contributed by atoms with Crippen LogP contribution in [-0.4, -0.2) is 57.1 Å². The molecule has 8 nitrogen and oxygen atoms in total. The minimum absolute atomic E-state index is 0.114. The van der Waals surface area contributed by atoms with Gasteiger partial charge in [-0.15, -0.1) is 0 Å². The molecular weight excluding hydrogens is 490 g/mol. The van der Waals surface area contributed by atoms with Gasteiger partial charge in [0.25, 0.3) is 0 Å². The maximum Gasteiger partial charge on any atom is 0.242 e. The van der Waals surface area contributed by atoms with E-state index in [2.05, 4.69) is 5.32 Å². The molecule has 0 radical (unpaired) electrons. The lowest BCUT2D eigenvalue weighted by molar-refractivity contribution is -0.141. The molecule has 1 aliphatic rings. The van der Waals surface area contributed by atoms with Crippen LogP contribution in [0.1, 0.15) is 56.6 Å². The summed E-state index contributed by atoms with van der Waals surface area (Å²) in [5.74, 6) is 0.310. The van der Waals surface area contributed by atoms with Crippen LogP contribution >= 0.6 is 0 Å². The molecule has 0 aliphatic heterocycles. The zero-order valence-corrected chi connectivity index (χ0v) is 23.1. The average molecular weight is 530 g/mol. The van der Waals surface area contributed by atoms with E-state index in [4.69, 9.17) is 4.74 Å². The number of hydrogen-bond donors (Lipinski definition) is 1. The summed E-state index contributed by atoms with van der Waals surface area (Å²) in [7, 11) is -1.93. The van der Waals surface area contributed by atoms with Gasteiger partial charge in [0.2, 0.25) is 21.8 Å². The van der Waals surface area contributed by atoms with Crippen LogP contribution in [0.25, 0.3) is 0 Å². The standard InChI is InChI=1S/C28H39N3O5S/c1-21-14-16-25(17-15-21)31(37(4,34)35)18-8-13-27(32)30(20-23-9-7-12-26(19-23)36-3)22(2)28(33)29-24-10-5-6-11-24/h7,9,12,14-17,19,22,24H,5-6,8,10-11,13,18,20H2,1-4H3,(H,29,33)/t22-/m0/s1. The quantitative estimate of drug-likeness (QED) is 0.448.